The third-order valence-electron chi connectivity index (χ3n) is 4.83. The predicted octanol–water partition coefficient (Wildman–Crippen LogP) is 4.81. The second-order valence-electron chi connectivity index (χ2n) is 7.29. The van der Waals surface area contributed by atoms with Crippen LogP contribution in [0, 0.1) is 12.7 Å². The van der Waals surface area contributed by atoms with E-state index in [-0.39, 0.29) is 5.69 Å². The molecule has 0 saturated carbocycles. The van der Waals surface area contributed by atoms with Crippen LogP contribution in [0.25, 0.3) is 10.9 Å². The van der Waals surface area contributed by atoms with Crippen LogP contribution in [0.4, 0.5) is 15.8 Å². The molecule has 0 fully saturated rings. The number of carbonyl (C=O) groups is 3. The molecule has 1 heterocycles. The Morgan fingerprint density at radius 3 is 2.15 bits per heavy atom. The van der Waals surface area contributed by atoms with E-state index in [1.54, 1.807) is 36.4 Å². The fourth-order valence-corrected chi connectivity index (χ4v) is 3.56. The normalized spacial score (nSPS) is 10.6. The lowest BCUT2D eigenvalue weighted by Gasteiger charge is -2.13. The summed E-state index contributed by atoms with van der Waals surface area (Å²) in [6.07, 6.45) is 0. The van der Waals surface area contributed by atoms with Gasteiger partial charge in [-0.25, -0.2) is 9.07 Å². The minimum atomic E-state index is -0.952. The average molecular weight is 509 g/mol. The summed E-state index contributed by atoms with van der Waals surface area (Å²) >= 11 is 3.38. The fourth-order valence-electron chi connectivity index (χ4n) is 3.18. The van der Waals surface area contributed by atoms with Crippen molar-refractivity contribution in [1.82, 2.24) is 4.68 Å². The summed E-state index contributed by atoms with van der Waals surface area (Å²) in [5, 5.41) is 5.84. The van der Waals surface area contributed by atoms with Gasteiger partial charge in [0.2, 0.25) is 0 Å². The SMILES string of the molecule is Cc1ccc(NC(=O)C(=O)Nn2c(C(=O)Nc3ccc(F)cc3)cc3cc(Br)ccc32)cc1. The smallest absolute Gasteiger partial charge is 0.321 e. The van der Waals surface area contributed by atoms with Crippen LogP contribution >= 0.6 is 15.9 Å². The molecule has 0 unspecified atom stereocenters. The number of anilines is 2. The van der Waals surface area contributed by atoms with Gasteiger partial charge < -0.3 is 10.6 Å². The highest BCUT2D eigenvalue weighted by Crippen LogP contribution is 2.24. The van der Waals surface area contributed by atoms with Crippen LogP contribution in [0.3, 0.4) is 0 Å². The Kier molecular flexibility index (Phi) is 6.23. The van der Waals surface area contributed by atoms with E-state index in [2.05, 4.69) is 32.0 Å². The number of aryl methyl sites for hydroxylation is 1. The average Bonchev–Trinajstić information content (AvgIpc) is 3.14. The molecule has 0 saturated heterocycles. The molecular weight excluding hydrogens is 491 g/mol. The topological polar surface area (TPSA) is 92.2 Å². The molecule has 4 rings (SSSR count). The molecule has 9 heteroatoms. The van der Waals surface area contributed by atoms with Gasteiger partial charge in [0.1, 0.15) is 11.5 Å². The molecular formula is C24H18BrFN4O3. The molecule has 7 nitrogen and oxygen atoms in total. The van der Waals surface area contributed by atoms with Gasteiger partial charge in [-0.2, -0.15) is 0 Å². The maximum Gasteiger partial charge on any atom is 0.328 e. The Hall–Kier alpha value is -3.98. The standard InChI is InChI=1S/C24H18BrFN4O3/c1-14-2-7-18(8-3-14)28-23(32)24(33)29-30-20-11-4-16(25)12-15(20)13-21(30)22(31)27-19-9-5-17(26)6-10-19/h2-13H,1H3,(H,27,31)(H,28,32)(H,29,33). The van der Waals surface area contributed by atoms with Gasteiger partial charge in [-0.05, 0) is 67.6 Å². The van der Waals surface area contributed by atoms with E-state index in [9.17, 15) is 18.8 Å². The monoisotopic (exact) mass is 508 g/mol. The van der Waals surface area contributed by atoms with Crippen molar-refractivity contribution in [2.75, 3.05) is 16.1 Å². The number of amides is 3. The van der Waals surface area contributed by atoms with Crippen LogP contribution in [0.2, 0.25) is 0 Å². The molecule has 3 N–H and O–H groups in total. The van der Waals surface area contributed by atoms with Gasteiger partial charge in [0.15, 0.2) is 0 Å². The van der Waals surface area contributed by atoms with Crippen molar-refractivity contribution in [3.05, 3.63) is 94.3 Å². The minimum absolute atomic E-state index is 0.0870. The fraction of sp³-hybridized carbons (Fsp3) is 0.0417. The first-order chi connectivity index (χ1) is 15.8. The van der Waals surface area contributed by atoms with Gasteiger partial charge in [0.05, 0.1) is 5.52 Å². The first-order valence-corrected chi connectivity index (χ1v) is 10.7. The Balaban J connectivity index is 1.61. The van der Waals surface area contributed by atoms with Crippen LogP contribution < -0.4 is 16.1 Å². The first kappa shape index (κ1) is 22.2. The van der Waals surface area contributed by atoms with E-state index in [0.717, 1.165) is 10.0 Å². The molecule has 0 atom stereocenters. The second-order valence-corrected chi connectivity index (χ2v) is 8.21. The van der Waals surface area contributed by atoms with Gasteiger partial charge in [-0.15, -0.1) is 0 Å². The number of nitrogens with one attached hydrogen (secondary N) is 3. The highest BCUT2D eigenvalue weighted by molar-refractivity contribution is 9.10. The number of aromatic nitrogens is 1. The minimum Gasteiger partial charge on any atom is -0.321 e. The molecule has 0 aliphatic rings. The molecule has 3 amide bonds. The molecule has 0 spiro atoms. The van der Waals surface area contributed by atoms with Crippen molar-refractivity contribution in [2.45, 2.75) is 6.92 Å². The number of fused-ring (bicyclic) bond motifs is 1. The maximum atomic E-state index is 13.2. The van der Waals surface area contributed by atoms with Crippen molar-refractivity contribution in [3.63, 3.8) is 0 Å². The molecule has 33 heavy (non-hydrogen) atoms. The van der Waals surface area contributed by atoms with Crippen molar-refractivity contribution >= 4 is 55.9 Å². The molecule has 0 aliphatic carbocycles. The van der Waals surface area contributed by atoms with Crippen LogP contribution in [0.1, 0.15) is 16.1 Å². The number of hydrogen-bond donors (Lipinski definition) is 3. The van der Waals surface area contributed by atoms with E-state index in [1.807, 2.05) is 19.1 Å². The van der Waals surface area contributed by atoms with Gasteiger partial charge in [-0.3, -0.25) is 19.8 Å². The number of carbonyl (C=O) groups excluding carboxylic acids is 3. The highest BCUT2D eigenvalue weighted by Gasteiger charge is 2.21. The number of halogens is 2. The predicted molar refractivity (Wildman–Crippen MR) is 128 cm³/mol. The lowest BCUT2D eigenvalue weighted by molar-refractivity contribution is -0.133. The van der Waals surface area contributed by atoms with Crippen molar-refractivity contribution in [3.8, 4) is 0 Å². The zero-order valence-corrected chi connectivity index (χ0v) is 18.9. The van der Waals surface area contributed by atoms with Crippen LogP contribution in [-0.4, -0.2) is 22.4 Å². The van der Waals surface area contributed by atoms with Gasteiger partial charge in [0, 0.05) is 21.2 Å². The largest absolute Gasteiger partial charge is 0.328 e. The van der Waals surface area contributed by atoms with Crippen LogP contribution in [0.5, 0.6) is 0 Å². The summed E-state index contributed by atoms with van der Waals surface area (Å²) in [4.78, 5) is 38.0. The summed E-state index contributed by atoms with van der Waals surface area (Å²) in [5.74, 6) is -2.82. The molecule has 0 aliphatic heterocycles. The van der Waals surface area contributed by atoms with E-state index in [0.29, 0.717) is 22.3 Å². The Labute approximate surface area is 196 Å². The molecule has 0 radical (unpaired) electrons. The van der Waals surface area contributed by atoms with E-state index in [4.69, 9.17) is 0 Å². The number of hydrogen-bond acceptors (Lipinski definition) is 3. The number of nitrogens with zero attached hydrogens (tertiary/aromatic N) is 1. The summed E-state index contributed by atoms with van der Waals surface area (Å²) in [5.41, 5.74) is 4.95. The van der Waals surface area contributed by atoms with Crippen molar-refractivity contribution in [2.24, 2.45) is 0 Å². The first-order valence-electron chi connectivity index (χ1n) is 9.87. The molecule has 1 aromatic heterocycles. The lowest BCUT2D eigenvalue weighted by Crippen LogP contribution is -2.36. The lowest BCUT2D eigenvalue weighted by atomic mass is 10.2. The third-order valence-corrected chi connectivity index (χ3v) is 5.32. The summed E-state index contributed by atoms with van der Waals surface area (Å²) in [6, 6.07) is 19.1. The maximum absolute atomic E-state index is 13.2. The quantitative estimate of drug-likeness (QED) is 0.345. The summed E-state index contributed by atoms with van der Waals surface area (Å²) in [6.45, 7) is 1.91. The second kappa shape index (κ2) is 9.25. The third kappa shape index (κ3) is 5.09. The van der Waals surface area contributed by atoms with Crippen molar-refractivity contribution < 1.29 is 18.8 Å². The zero-order chi connectivity index (χ0) is 23.5. The van der Waals surface area contributed by atoms with Gasteiger partial charge in [0.25, 0.3) is 5.91 Å². The molecule has 4 aromatic rings. The zero-order valence-electron chi connectivity index (χ0n) is 17.4. The Morgan fingerprint density at radius 1 is 0.818 bits per heavy atom. The Morgan fingerprint density at radius 2 is 1.45 bits per heavy atom. The molecule has 0 bridgehead atoms. The van der Waals surface area contributed by atoms with E-state index >= 15 is 0 Å². The summed E-state index contributed by atoms with van der Waals surface area (Å²) in [7, 11) is 0. The summed E-state index contributed by atoms with van der Waals surface area (Å²) < 4.78 is 15.2. The highest BCUT2D eigenvalue weighted by atomic mass is 79.9. The molecule has 3 aromatic carbocycles. The number of benzene rings is 3. The van der Waals surface area contributed by atoms with E-state index in [1.165, 1.54) is 28.9 Å². The Bertz CT molecular complexity index is 1370. The molecule has 166 valence electrons. The van der Waals surface area contributed by atoms with Gasteiger partial charge >= 0.3 is 11.8 Å². The number of rotatable bonds is 4. The van der Waals surface area contributed by atoms with Crippen LogP contribution in [0.15, 0.2) is 77.3 Å². The van der Waals surface area contributed by atoms with Crippen molar-refractivity contribution in [1.29, 1.82) is 0 Å². The van der Waals surface area contributed by atoms with Gasteiger partial charge in [-0.1, -0.05) is 33.6 Å². The van der Waals surface area contributed by atoms with E-state index < -0.39 is 23.5 Å². The van der Waals surface area contributed by atoms with Crippen LogP contribution in [-0.2, 0) is 9.59 Å².